The van der Waals surface area contributed by atoms with Crippen molar-refractivity contribution in [2.45, 2.75) is 39.3 Å². The Morgan fingerprint density at radius 1 is 1.37 bits per heavy atom. The van der Waals surface area contributed by atoms with Crippen LogP contribution in [0.1, 0.15) is 26.3 Å². The van der Waals surface area contributed by atoms with Gasteiger partial charge in [-0.05, 0) is 45.0 Å². The predicted octanol–water partition coefficient (Wildman–Crippen LogP) is 4.64. The molecule has 1 aliphatic heterocycles. The van der Waals surface area contributed by atoms with Crippen LogP contribution in [0.4, 0.5) is 15.8 Å². The molecule has 1 amide bonds. The van der Waals surface area contributed by atoms with Crippen LogP contribution in [0, 0.1) is 5.82 Å². The number of amides is 1. The molecule has 5 nitrogen and oxygen atoms in total. The van der Waals surface area contributed by atoms with E-state index in [2.05, 4.69) is 10.6 Å². The van der Waals surface area contributed by atoms with Gasteiger partial charge >= 0.3 is 0 Å². The van der Waals surface area contributed by atoms with Gasteiger partial charge in [0.1, 0.15) is 29.5 Å². The molecule has 1 heterocycles. The lowest BCUT2D eigenvalue weighted by Crippen LogP contribution is -2.32. The summed E-state index contributed by atoms with van der Waals surface area (Å²) in [6.45, 7) is 6.09. The van der Waals surface area contributed by atoms with Gasteiger partial charge in [-0.2, -0.15) is 0 Å². The Bertz CT molecular complexity index is 859. The van der Waals surface area contributed by atoms with Gasteiger partial charge in [-0.3, -0.25) is 4.79 Å². The first kappa shape index (κ1) is 19.3. The van der Waals surface area contributed by atoms with Crippen LogP contribution in [0.5, 0.6) is 11.5 Å². The number of fused-ring (bicyclic) bond motifs is 1. The Balaban J connectivity index is 1.75. The maximum Gasteiger partial charge on any atom is 0.246 e. The Labute approximate surface area is 162 Å². The van der Waals surface area contributed by atoms with Crippen molar-refractivity contribution in [2.75, 3.05) is 17.2 Å². The number of rotatable bonds is 6. The molecule has 0 aromatic heterocycles. The van der Waals surface area contributed by atoms with Crippen LogP contribution in [0.3, 0.4) is 0 Å². The molecule has 144 valence electrons. The molecule has 3 rings (SSSR count). The number of carbonyl (C=O) groups is 1. The molecule has 1 aliphatic rings. The molecular formula is C20H22ClFN2O3. The lowest BCUT2D eigenvalue weighted by Gasteiger charge is -2.19. The molecule has 2 N–H and O–H groups in total. The van der Waals surface area contributed by atoms with Crippen LogP contribution in [0.2, 0.25) is 5.02 Å². The second-order valence-electron chi connectivity index (χ2n) is 6.50. The van der Waals surface area contributed by atoms with Crippen LogP contribution >= 0.6 is 11.6 Å². The average Bonchev–Trinajstić information content (AvgIpc) is 2.96. The van der Waals surface area contributed by atoms with Gasteiger partial charge in [-0.1, -0.05) is 11.6 Å². The van der Waals surface area contributed by atoms with Crippen LogP contribution in [-0.4, -0.2) is 24.7 Å². The minimum Gasteiger partial charge on any atom is -0.492 e. The highest BCUT2D eigenvalue weighted by Gasteiger charge is 2.23. The van der Waals surface area contributed by atoms with Crippen molar-refractivity contribution < 1.29 is 18.7 Å². The number of ether oxygens (including phenoxy) is 2. The zero-order valence-corrected chi connectivity index (χ0v) is 16.2. The lowest BCUT2D eigenvalue weighted by molar-refractivity contribution is -0.116. The molecule has 0 saturated carbocycles. The normalized spacial score (nSPS) is 16.3. The number of nitrogens with one attached hydrogen (secondary N) is 2. The summed E-state index contributed by atoms with van der Waals surface area (Å²) >= 11 is 5.74. The zero-order valence-electron chi connectivity index (χ0n) is 15.4. The fraction of sp³-hybridized carbons (Fsp3) is 0.350. The van der Waals surface area contributed by atoms with Gasteiger partial charge < -0.3 is 20.1 Å². The van der Waals surface area contributed by atoms with Crippen molar-refractivity contribution in [2.24, 2.45) is 0 Å². The largest absolute Gasteiger partial charge is 0.492 e. The standard InChI is InChI=1S/C20H22ClFN2O3/c1-4-26-19-8-13-7-11(2)27-18(13)10-17(19)23-12(3)20(25)24-16-6-5-14(21)9-15(16)22/h5-6,8-12,23H,4,7H2,1-3H3,(H,24,25). The number of hydrogen-bond donors (Lipinski definition) is 2. The molecule has 0 aliphatic carbocycles. The van der Waals surface area contributed by atoms with E-state index >= 15 is 0 Å². The number of halogens is 2. The highest BCUT2D eigenvalue weighted by atomic mass is 35.5. The summed E-state index contributed by atoms with van der Waals surface area (Å²) in [6.07, 6.45) is 0.931. The first-order chi connectivity index (χ1) is 12.9. The van der Waals surface area contributed by atoms with E-state index in [1.165, 1.54) is 12.1 Å². The first-order valence-electron chi connectivity index (χ1n) is 8.86. The van der Waals surface area contributed by atoms with Gasteiger partial charge in [0.2, 0.25) is 5.91 Å². The Morgan fingerprint density at radius 3 is 2.85 bits per heavy atom. The van der Waals surface area contributed by atoms with Gasteiger partial charge in [0, 0.05) is 23.1 Å². The van der Waals surface area contributed by atoms with Crippen molar-refractivity contribution in [3.05, 3.63) is 46.7 Å². The summed E-state index contributed by atoms with van der Waals surface area (Å²) in [5.74, 6) is 0.475. The van der Waals surface area contributed by atoms with Gasteiger partial charge in [0.05, 0.1) is 18.0 Å². The number of hydrogen-bond acceptors (Lipinski definition) is 4. The van der Waals surface area contributed by atoms with Crippen molar-refractivity contribution in [1.82, 2.24) is 0 Å². The molecule has 2 aromatic rings. The van der Waals surface area contributed by atoms with Crippen molar-refractivity contribution in [3.8, 4) is 11.5 Å². The van der Waals surface area contributed by atoms with E-state index in [0.717, 1.165) is 23.8 Å². The maximum atomic E-state index is 13.9. The number of benzene rings is 2. The molecule has 0 saturated heterocycles. The summed E-state index contributed by atoms with van der Waals surface area (Å²) in [4.78, 5) is 12.5. The van der Waals surface area contributed by atoms with Crippen LogP contribution in [0.15, 0.2) is 30.3 Å². The quantitative estimate of drug-likeness (QED) is 0.751. The SMILES string of the molecule is CCOc1cc2c(cc1NC(C)C(=O)Nc1ccc(Cl)cc1F)OC(C)C2. The Kier molecular flexibility index (Phi) is 5.75. The van der Waals surface area contributed by atoms with E-state index in [4.69, 9.17) is 21.1 Å². The maximum absolute atomic E-state index is 13.9. The van der Waals surface area contributed by atoms with E-state index in [0.29, 0.717) is 18.0 Å². The summed E-state index contributed by atoms with van der Waals surface area (Å²) < 4.78 is 25.4. The molecule has 0 radical (unpaired) electrons. The fourth-order valence-corrected chi connectivity index (χ4v) is 3.12. The van der Waals surface area contributed by atoms with Crippen molar-refractivity contribution in [3.63, 3.8) is 0 Å². The van der Waals surface area contributed by atoms with Gasteiger partial charge in [0.25, 0.3) is 0 Å². The Morgan fingerprint density at radius 2 is 2.15 bits per heavy atom. The molecule has 0 spiro atoms. The predicted molar refractivity (Wildman–Crippen MR) is 105 cm³/mol. The monoisotopic (exact) mass is 392 g/mol. The summed E-state index contributed by atoms with van der Waals surface area (Å²) in [6, 6.07) is 7.26. The van der Waals surface area contributed by atoms with Crippen molar-refractivity contribution in [1.29, 1.82) is 0 Å². The third-order valence-corrected chi connectivity index (χ3v) is 4.49. The van der Waals surface area contributed by atoms with Crippen LogP contribution < -0.4 is 20.1 Å². The highest BCUT2D eigenvalue weighted by Crippen LogP contribution is 2.38. The Hall–Kier alpha value is -2.47. The molecule has 0 bridgehead atoms. The minimum atomic E-state index is -0.629. The first-order valence-corrected chi connectivity index (χ1v) is 9.24. The lowest BCUT2D eigenvalue weighted by atomic mass is 10.1. The topological polar surface area (TPSA) is 59.6 Å². The zero-order chi connectivity index (χ0) is 19.6. The molecule has 7 heteroatoms. The van der Waals surface area contributed by atoms with Crippen LogP contribution in [0.25, 0.3) is 0 Å². The van der Waals surface area contributed by atoms with E-state index in [9.17, 15) is 9.18 Å². The van der Waals surface area contributed by atoms with E-state index in [-0.39, 0.29) is 22.7 Å². The highest BCUT2D eigenvalue weighted by molar-refractivity contribution is 6.30. The van der Waals surface area contributed by atoms with Crippen molar-refractivity contribution >= 4 is 28.9 Å². The summed E-state index contributed by atoms with van der Waals surface area (Å²) in [7, 11) is 0. The van der Waals surface area contributed by atoms with Crippen LogP contribution in [-0.2, 0) is 11.2 Å². The second kappa shape index (κ2) is 8.05. The van der Waals surface area contributed by atoms with E-state index < -0.39 is 11.9 Å². The molecule has 2 atom stereocenters. The van der Waals surface area contributed by atoms with Gasteiger partial charge in [0.15, 0.2) is 0 Å². The van der Waals surface area contributed by atoms with Gasteiger partial charge in [-0.15, -0.1) is 0 Å². The molecule has 0 fully saturated rings. The molecule has 2 aromatic carbocycles. The summed E-state index contributed by atoms with van der Waals surface area (Å²) in [5, 5.41) is 5.96. The molecular weight excluding hydrogens is 371 g/mol. The van der Waals surface area contributed by atoms with Gasteiger partial charge in [-0.25, -0.2) is 4.39 Å². The number of anilines is 2. The second-order valence-corrected chi connectivity index (χ2v) is 6.94. The minimum absolute atomic E-state index is 0.0780. The molecule has 27 heavy (non-hydrogen) atoms. The van der Waals surface area contributed by atoms with E-state index in [1.807, 2.05) is 26.0 Å². The third-order valence-electron chi connectivity index (χ3n) is 4.25. The van der Waals surface area contributed by atoms with E-state index in [1.54, 1.807) is 6.92 Å². The molecule has 2 unspecified atom stereocenters. The third kappa shape index (κ3) is 4.45. The summed E-state index contributed by atoms with van der Waals surface area (Å²) in [5.41, 5.74) is 1.81. The number of carbonyl (C=O) groups excluding carboxylic acids is 1. The fourth-order valence-electron chi connectivity index (χ4n) is 2.96. The average molecular weight is 393 g/mol. The smallest absolute Gasteiger partial charge is 0.246 e.